The number of rotatable bonds is 5. The average molecular weight is 441 g/mol. The first kappa shape index (κ1) is 21.2. The van der Waals surface area contributed by atoms with Crippen molar-refractivity contribution in [1.29, 1.82) is 0 Å². The molecule has 0 radical (unpaired) electrons. The number of para-hydroxylation sites is 1. The van der Waals surface area contributed by atoms with Crippen molar-refractivity contribution in [2.45, 2.75) is 13.5 Å². The largest absolute Gasteiger partial charge is 0.336 e. The van der Waals surface area contributed by atoms with Gasteiger partial charge in [-0.05, 0) is 19.1 Å². The number of benzene rings is 2. The third kappa shape index (κ3) is 4.32. The summed E-state index contributed by atoms with van der Waals surface area (Å²) in [7, 11) is 1.93. The lowest BCUT2D eigenvalue weighted by molar-refractivity contribution is 0.0628. The second-order valence-electron chi connectivity index (χ2n) is 8.51. The summed E-state index contributed by atoms with van der Waals surface area (Å²) < 4.78 is 3.71. The average Bonchev–Trinajstić information content (AvgIpc) is 3.42. The minimum atomic E-state index is 0.0505. The van der Waals surface area contributed by atoms with Gasteiger partial charge in [0.2, 0.25) is 0 Å². The van der Waals surface area contributed by atoms with Crippen molar-refractivity contribution in [3.63, 3.8) is 0 Å². The third-order valence-corrected chi connectivity index (χ3v) is 6.20. The molecule has 0 N–H and O–H groups in total. The molecule has 5 rings (SSSR count). The number of aryl methyl sites for hydroxylation is 1. The van der Waals surface area contributed by atoms with E-state index in [2.05, 4.69) is 10.00 Å². The SMILES string of the molecule is Cc1c(C(=O)N2CCN(Cc3cnn(C)c3)CC2)c(-c2ccccc2)nn1-c1ccccc1. The van der Waals surface area contributed by atoms with Crippen LogP contribution in [0.5, 0.6) is 0 Å². The molecule has 0 saturated carbocycles. The van der Waals surface area contributed by atoms with E-state index < -0.39 is 0 Å². The molecule has 0 bridgehead atoms. The maximum atomic E-state index is 13.8. The quantitative estimate of drug-likeness (QED) is 0.476. The maximum Gasteiger partial charge on any atom is 0.258 e. The van der Waals surface area contributed by atoms with Gasteiger partial charge in [0.05, 0.1) is 23.1 Å². The van der Waals surface area contributed by atoms with E-state index in [0.717, 1.165) is 42.3 Å². The number of carbonyl (C=O) groups excluding carboxylic acids is 1. The fraction of sp³-hybridized carbons (Fsp3) is 0.269. The van der Waals surface area contributed by atoms with Crippen molar-refractivity contribution in [2.75, 3.05) is 26.2 Å². The molecule has 1 fully saturated rings. The molecule has 1 aliphatic rings. The molecule has 2 aromatic carbocycles. The summed E-state index contributed by atoms with van der Waals surface area (Å²) in [6.07, 6.45) is 3.95. The summed E-state index contributed by atoms with van der Waals surface area (Å²) in [5.74, 6) is 0.0505. The summed E-state index contributed by atoms with van der Waals surface area (Å²) >= 11 is 0. The fourth-order valence-corrected chi connectivity index (χ4v) is 4.46. The molecule has 168 valence electrons. The van der Waals surface area contributed by atoms with Crippen LogP contribution in [0.1, 0.15) is 21.6 Å². The van der Waals surface area contributed by atoms with E-state index in [0.29, 0.717) is 18.7 Å². The third-order valence-electron chi connectivity index (χ3n) is 6.20. The second-order valence-corrected chi connectivity index (χ2v) is 8.51. The molecule has 33 heavy (non-hydrogen) atoms. The Kier molecular flexibility index (Phi) is 5.79. The van der Waals surface area contributed by atoms with Crippen LogP contribution in [0.4, 0.5) is 0 Å². The Morgan fingerprint density at radius 2 is 1.61 bits per heavy atom. The van der Waals surface area contributed by atoms with Crippen molar-refractivity contribution in [2.24, 2.45) is 7.05 Å². The van der Waals surface area contributed by atoms with Gasteiger partial charge in [-0.1, -0.05) is 48.5 Å². The molecule has 7 heteroatoms. The smallest absolute Gasteiger partial charge is 0.258 e. The van der Waals surface area contributed by atoms with E-state index in [1.54, 1.807) is 0 Å². The Morgan fingerprint density at radius 1 is 0.939 bits per heavy atom. The van der Waals surface area contributed by atoms with Crippen molar-refractivity contribution < 1.29 is 4.79 Å². The molecule has 1 aliphatic heterocycles. The zero-order valence-electron chi connectivity index (χ0n) is 19.1. The van der Waals surface area contributed by atoms with Crippen LogP contribution < -0.4 is 0 Å². The molecule has 4 aromatic rings. The Hall–Kier alpha value is -3.71. The fourth-order valence-electron chi connectivity index (χ4n) is 4.46. The first-order valence-electron chi connectivity index (χ1n) is 11.3. The van der Waals surface area contributed by atoms with E-state index >= 15 is 0 Å². The van der Waals surface area contributed by atoms with E-state index in [1.807, 2.05) is 101 Å². The molecule has 0 spiro atoms. The second kappa shape index (κ2) is 9.03. The first-order valence-corrected chi connectivity index (χ1v) is 11.3. The molecular formula is C26H28N6O. The number of hydrogen-bond donors (Lipinski definition) is 0. The molecule has 0 atom stereocenters. The number of hydrogen-bond acceptors (Lipinski definition) is 4. The summed E-state index contributed by atoms with van der Waals surface area (Å²) in [6.45, 7) is 5.92. The predicted molar refractivity (Wildman–Crippen MR) is 128 cm³/mol. The number of amides is 1. The Labute approximate surface area is 193 Å². The number of piperazine rings is 1. The standard InChI is InChI=1S/C26H28N6O/c1-20-24(26(33)31-15-13-30(14-16-31)19-21-17-27-29(2)18-21)25(22-9-5-3-6-10-22)28-32(20)23-11-7-4-8-12-23/h3-12,17-18H,13-16,19H2,1-2H3. The Morgan fingerprint density at radius 3 is 2.24 bits per heavy atom. The lowest BCUT2D eigenvalue weighted by atomic mass is 10.0. The van der Waals surface area contributed by atoms with Gasteiger partial charge < -0.3 is 4.90 Å². The highest BCUT2D eigenvalue weighted by Crippen LogP contribution is 2.29. The van der Waals surface area contributed by atoms with Gasteiger partial charge in [0, 0.05) is 57.1 Å². The van der Waals surface area contributed by atoms with Gasteiger partial charge in [0.25, 0.3) is 5.91 Å². The number of aromatic nitrogens is 4. The van der Waals surface area contributed by atoms with Crippen LogP contribution in [0.25, 0.3) is 16.9 Å². The van der Waals surface area contributed by atoms with Crippen LogP contribution in [0.3, 0.4) is 0 Å². The molecule has 0 unspecified atom stereocenters. The normalized spacial score (nSPS) is 14.5. The van der Waals surface area contributed by atoms with Crippen LogP contribution in [0, 0.1) is 6.92 Å². The topological polar surface area (TPSA) is 59.2 Å². The summed E-state index contributed by atoms with van der Waals surface area (Å²) in [6, 6.07) is 20.0. The van der Waals surface area contributed by atoms with Crippen molar-refractivity contribution in [3.05, 3.63) is 89.9 Å². The van der Waals surface area contributed by atoms with Gasteiger partial charge >= 0.3 is 0 Å². The van der Waals surface area contributed by atoms with Crippen LogP contribution >= 0.6 is 0 Å². The molecule has 7 nitrogen and oxygen atoms in total. The highest BCUT2D eigenvalue weighted by molar-refractivity contribution is 6.01. The number of carbonyl (C=O) groups is 1. The molecule has 1 saturated heterocycles. The van der Waals surface area contributed by atoms with E-state index in [4.69, 9.17) is 5.10 Å². The van der Waals surface area contributed by atoms with Gasteiger partial charge in [-0.2, -0.15) is 10.2 Å². The zero-order valence-corrected chi connectivity index (χ0v) is 19.1. The highest BCUT2D eigenvalue weighted by atomic mass is 16.2. The van der Waals surface area contributed by atoms with Gasteiger partial charge in [-0.15, -0.1) is 0 Å². The molecule has 1 amide bonds. The van der Waals surface area contributed by atoms with E-state index in [9.17, 15) is 4.79 Å². The van der Waals surface area contributed by atoms with Crippen LogP contribution in [-0.4, -0.2) is 61.4 Å². The molecule has 2 aromatic heterocycles. The highest BCUT2D eigenvalue weighted by Gasteiger charge is 2.29. The van der Waals surface area contributed by atoms with Crippen molar-refractivity contribution in [1.82, 2.24) is 29.4 Å². The summed E-state index contributed by atoms with van der Waals surface area (Å²) in [4.78, 5) is 18.1. The lowest BCUT2D eigenvalue weighted by Gasteiger charge is -2.34. The molecule has 0 aliphatic carbocycles. The summed E-state index contributed by atoms with van der Waals surface area (Å²) in [5, 5.41) is 9.15. The molecule has 3 heterocycles. The Bertz CT molecular complexity index is 1240. The van der Waals surface area contributed by atoms with Gasteiger partial charge in [-0.25, -0.2) is 4.68 Å². The Balaban J connectivity index is 1.41. The lowest BCUT2D eigenvalue weighted by Crippen LogP contribution is -2.48. The van der Waals surface area contributed by atoms with Gasteiger partial charge in [-0.3, -0.25) is 14.4 Å². The zero-order chi connectivity index (χ0) is 22.8. The van der Waals surface area contributed by atoms with Gasteiger partial charge in [0.1, 0.15) is 5.69 Å². The van der Waals surface area contributed by atoms with E-state index in [1.165, 1.54) is 5.56 Å². The van der Waals surface area contributed by atoms with E-state index in [-0.39, 0.29) is 5.91 Å². The van der Waals surface area contributed by atoms with Crippen molar-refractivity contribution >= 4 is 5.91 Å². The predicted octanol–water partition coefficient (Wildman–Crippen LogP) is 3.54. The maximum absolute atomic E-state index is 13.8. The number of nitrogens with zero attached hydrogens (tertiary/aromatic N) is 6. The van der Waals surface area contributed by atoms with Crippen LogP contribution in [0.15, 0.2) is 73.1 Å². The van der Waals surface area contributed by atoms with Crippen LogP contribution in [0.2, 0.25) is 0 Å². The van der Waals surface area contributed by atoms with Crippen molar-refractivity contribution in [3.8, 4) is 16.9 Å². The monoisotopic (exact) mass is 440 g/mol. The minimum absolute atomic E-state index is 0.0505. The van der Waals surface area contributed by atoms with Crippen LogP contribution in [-0.2, 0) is 13.6 Å². The van der Waals surface area contributed by atoms with Gasteiger partial charge in [0.15, 0.2) is 0 Å². The summed E-state index contributed by atoms with van der Waals surface area (Å²) in [5.41, 5.74) is 5.39. The minimum Gasteiger partial charge on any atom is -0.336 e. The first-order chi connectivity index (χ1) is 16.1. The molecular weight excluding hydrogens is 412 g/mol.